The number of nitrogen functional groups attached to an aromatic ring is 1. The molecule has 1 amide bonds. The number of rotatable bonds is 10. The number of ether oxygens (including phenoxy) is 1. The number of nitrogens with zero attached hydrogens (tertiary/aromatic N) is 6. The Labute approximate surface area is 212 Å². The van der Waals surface area contributed by atoms with Gasteiger partial charge in [-0.1, -0.05) is 24.3 Å². The van der Waals surface area contributed by atoms with Gasteiger partial charge in [0.2, 0.25) is 5.91 Å². The highest BCUT2D eigenvalue weighted by Gasteiger charge is 2.44. The number of hydrogen-bond donors (Lipinski definition) is 5. The van der Waals surface area contributed by atoms with E-state index in [1.807, 2.05) is 29.2 Å². The smallest absolute Gasteiger partial charge is 0.234 e. The van der Waals surface area contributed by atoms with E-state index < -0.39 is 36.5 Å². The van der Waals surface area contributed by atoms with Gasteiger partial charge in [-0.2, -0.15) is 5.26 Å². The number of fused-ring (bicyclic) bond motifs is 1. The summed E-state index contributed by atoms with van der Waals surface area (Å²) in [7, 11) is 0. The summed E-state index contributed by atoms with van der Waals surface area (Å²) in [5, 5.41) is 30.5. The SMILES string of the molecule is N#Cc1ccc(/C=C/CN(CC[C@H](N)C(N)=O)C[C@H]2O[C@@H](n3cnc4c(N)ncnc43)[C@H](O)[C@@H]2O)cc1. The molecular formula is C24H29N9O4. The van der Waals surface area contributed by atoms with Crippen LogP contribution in [0.4, 0.5) is 5.82 Å². The van der Waals surface area contributed by atoms with Crippen LogP contribution >= 0.6 is 0 Å². The zero-order valence-electron chi connectivity index (χ0n) is 20.0. The monoisotopic (exact) mass is 507 g/mol. The number of amides is 1. The molecule has 0 saturated carbocycles. The molecule has 0 aliphatic carbocycles. The van der Waals surface area contributed by atoms with Crippen molar-refractivity contribution in [2.45, 2.75) is 37.0 Å². The molecule has 0 spiro atoms. The van der Waals surface area contributed by atoms with Gasteiger partial charge in [-0.15, -0.1) is 0 Å². The van der Waals surface area contributed by atoms with Crippen molar-refractivity contribution in [3.63, 3.8) is 0 Å². The molecular weight excluding hydrogens is 478 g/mol. The molecule has 194 valence electrons. The van der Waals surface area contributed by atoms with Crippen molar-refractivity contribution in [2.75, 3.05) is 25.4 Å². The number of primary amides is 1. The fourth-order valence-electron chi connectivity index (χ4n) is 4.15. The quantitative estimate of drug-likeness (QED) is 0.227. The van der Waals surface area contributed by atoms with Gasteiger partial charge in [-0.25, -0.2) is 15.0 Å². The summed E-state index contributed by atoms with van der Waals surface area (Å²) >= 11 is 0. The third-order valence-electron chi connectivity index (χ3n) is 6.27. The van der Waals surface area contributed by atoms with Crippen LogP contribution in [0.1, 0.15) is 23.8 Å². The molecule has 0 radical (unpaired) electrons. The number of aromatic nitrogens is 4. The second-order valence-corrected chi connectivity index (χ2v) is 8.82. The maximum absolute atomic E-state index is 11.4. The predicted octanol–water partition coefficient (Wildman–Crippen LogP) is -0.883. The van der Waals surface area contributed by atoms with Crippen LogP contribution in [-0.4, -0.2) is 84.5 Å². The highest BCUT2D eigenvalue weighted by molar-refractivity contribution is 5.81. The molecule has 37 heavy (non-hydrogen) atoms. The Morgan fingerprint density at radius 3 is 2.70 bits per heavy atom. The second kappa shape index (κ2) is 11.4. The Hall–Kier alpha value is -3.93. The molecule has 1 aliphatic rings. The molecule has 0 bridgehead atoms. The minimum atomic E-state index is -1.25. The molecule has 1 saturated heterocycles. The Bertz CT molecular complexity index is 1300. The predicted molar refractivity (Wildman–Crippen MR) is 134 cm³/mol. The first-order valence-electron chi connectivity index (χ1n) is 11.7. The summed E-state index contributed by atoms with van der Waals surface area (Å²) in [6, 6.07) is 8.38. The number of hydrogen-bond acceptors (Lipinski definition) is 11. The van der Waals surface area contributed by atoms with E-state index in [4.69, 9.17) is 27.2 Å². The fourth-order valence-corrected chi connectivity index (χ4v) is 4.15. The average Bonchev–Trinajstić information content (AvgIpc) is 3.44. The molecule has 1 aromatic carbocycles. The first-order chi connectivity index (χ1) is 17.8. The molecule has 0 unspecified atom stereocenters. The number of aliphatic hydroxyl groups is 2. The van der Waals surface area contributed by atoms with Crippen LogP contribution in [-0.2, 0) is 9.53 Å². The summed E-state index contributed by atoms with van der Waals surface area (Å²) in [5.74, 6) is -0.409. The summed E-state index contributed by atoms with van der Waals surface area (Å²) in [4.78, 5) is 25.7. The van der Waals surface area contributed by atoms with Crippen molar-refractivity contribution in [3.05, 3.63) is 54.1 Å². The highest BCUT2D eigenvalue weighted by Crippen LogP contribution is 2.32. The van der Waals surface area contributed by atoms with Gasteiger partial charge in [0.25, 0.3) is 0 Å². The zero-order chi connectivity index (χ0) is 26.5. The Balaban J connectivity index is 1.47. The van der Waals surface area contributed by atoms with Crippen LogP contribution < -0.4 is 17.2 Å². The van der Waals surface area contributed by atoms with Crippen molar-refractivity contribution in [2.24, 2.45) is 11.5 Å². The Morgan fingerprint density at radius 2 is 2.00 bits per heavy atom. The van der Waals surface area contributed by atoms with Crippen molar-refractivity contribution >= 4 is 29.0 Å². The van der Waals surface area contributed by atoms with Gasteiger partial charge in [0.05, 0.1) is 24.0 Å². The van der Waals surface area contributed by atoms with Gasteiger partial charge in [-0.05, 0) is 24.1 Å². The van der Waals surface area contributed by atoms with Crippen LogP contribution in [0.5, 0.6) is 0 Å². The third kappa shape index (κ3) is 5.91. The van der Waals surface area contributed by atoms with Crippen molar-refractivity contribution < 1.29 is 19.7 Å². The minimum Gasteiger partial charge on any atom is -0.387 e. The molecule has 5 atom stereocenters. The lowest BCUT2D eigenvalue weighted by molar-refractivity contribution is -0.119. The number of benzene rings is 1. The average molecular weight is 508 g/mol. The maximum atomic E-state index is 11.4. The molecule has 2 aromatic heterocycles. The fraction of sp³-hybridized carbons (Fsp3) is 0.375. The maximum Gasteiger partial charge on any atom is 0.234 e. The lowest BCUT2D eigenvalue weighted by Gasteiger charge is -2.26. The summed E-state index contributed by atoms with van der Waals surface area (Å²) < 4.78 is 7.57. The van der Waals surface area contributed by atoms with Gasteiger partial charge in [0, 0.05) is 19.6 Å². The molecule has 3 heterocycles. The number of nitrogens with two attached hydrogens (primary N) is 3. The molecule has 1 aliphatic heterocycles. The first-order valence-corrected chi connectivity index (χ1v) is 11.7. The van der Waals surface area contributed by atoms with Crippen LogP contribution in [0.3, 0.4) is 0 Å². The van der Waals surface area contributed by atoms with Gasteiger partial charge >= 0.3 is 0 Å². The van der Waals surface area contributed by atoms with E-state index >= 15 is 0 Å². The summed E-state index contributed by atoms with van der Waals surface area (Å²) in [6.07, 6.45) is 2.68. The highest BCUT2D eigenvalue weighted by atomic mass is 16.6. The van der Waals surface area contributed by atoms with E-state index in [1.165, 1.54) is 17.2 Å². The first kappa shape index (κ1) is 26.1. The minimum absolute atomic E-state index is 0.194. The van der Waals surface area contributed by atoms with Crippen LogP contribution in [0.25, 0.3) is 17.2 Å². The van der Waals surface area contributed by atoms with Crippen molar-refractivity contribution in [3.8, 4) is 6.07 Å². The van der Waals surface area contributed by atoms with Crippen molar-refractivity contribution in [1.82, 2.24) is 24.4 Å². The number of aliphatic hydroxyl groups excluding tert-OH is 2. The molecule has 1 fully saturated rings. The number of nitriles is 1. The number of imidazole rings is 1. The molecule has 4 rings (SSSR count). The molecule has 3 aromatic rings. The van der Waals surface area contributed by atoms with E-state index in [1.54, 1.807) is 12.1 Å². The Kier molecular flexibility index (Phi) is 8.07. The summed E-state index contributed by atoms with van der Waals surface area (Å²) in [5.41, 5.74) is 19.2. The van der Waals surface area contributed by atoms with E-state index in [0.29, 0.717) is 36.2 Å². The zero-order valence-corrected chi connectivity index (χ0v) is 20.0. The van der Waals surface area contributed by atoms with Crippen LogP contribution in [0, 0.1) is 11.3 Å². The third-order valence-corrected chi connectivity index (χ3v) is 6.27. The summed E-state index contributed by atoms with van der Waals surface area (Å²) in [6.45, 7) is 1.07. The van der Waals surface area contributed by atoms with E-state index in [-0.39, 0.29) is 12.4 Å². The topological polar surface area (TPSA) is 215 Å². The van der Waals surface area contributed by atoms with Crippen LogP contribution in [0.2, 0.25) is 0 Å². The van der Waals surface area contributed by atoms with E-state index in [2.05, 4.69) is 21.0 Å². The lowest BCUT2D eigenvalue weighted by Crippen LogP contribution is -2.43. The van der Waals surface area contributed by atoms with Gasteiger partial charge < -0.3 is 32.2 Å². The normalized spacial score (nSPS) is 22.6. The number of carbonyl (C=O) groups excluding carboxylic acids is 1. The Morgan fingerprint density at radius 1 is 1.24 bits per heavy atom. The molecule has 13 heteroatoms. The van der Waals surface area contributed by atoms with Gasteiger partial charge in [0.15, 0.2) is 17.7 Å². The molecule has 13 nitrogen and oxygen atoms in total. The number of carbonyl (C=O) groups is 1. The van der Waals surface area contributed by atoms with Gasteiger partial charge in [-0.3, -0.25) is 14.3 Å². The van der Waals surface area contributed by atoms with E-state index in [0.717, 1.165) is 5.56 Å². The van der Waals surface area contributed by atoms with Crippen LogP contribution in [0.15, 0.2) is 43.0 Å². The standard InChI is InChI=1S/C24H29N9O4/c25-10-15-5-3-14(4-6-15)2-1-8-32(9-7-16(26)22(28)36)11-17-19(34)20(35)24(37-17)33-13-31-18-21(27)29-12-30-23(18)33/h1-6,12-13,16-17,19-20,24,34-35H,7-9,11,26H2,(H2,28,36)(H2,27,29,30)/b2-1+/t16-,17+,19+,20+,24+/m0/s1. The molecule has 8 N–H and O–H groups in total. The van der Waals surface area contributed by atoms with E-state index in [9.17, 15) is 15.0 Å². The second-order valence-electron chi connectivity index (χ2n) is 8.82. The van der Waals surface area contributed by atoms with Gasteiger partial charge in [0.1, 0.15) is 30.2 Å². The largest absolute Gasteiger partial charge is 0.387 e. The number of anilines is 1. The lowest BCUT2D eigenvalue weighted by atomic mass is 10.1. The van der Waals surface area contributed by atoms with Crippen molar-refractivity contribution in [1.29, 1.82) is 5.26 Å².